The molecule has 0 spiro atoms. The lowest BCUT2D eigenvalue weighted by Gasteiger charge is -2.06. The number of H-pyrrole nitrogens is 1. The van der Waals surface area contributed by atoms with Gasteiger partial charge in [-0.3, -0.25) is 4.79 Å². The van der Waals surface area contributed by atoms with Crippen LogP contribution >= 0.6 is 11.3 Å². The third kappa shape index (κ3) is 2.10. The number of benzene rings is 1. The molecule has 3 rings (SSSR count). The van der Waals surface area contributed by atoms with Crippen LogP contribution in [0.2, 0.25) is 0 Å². The molecule has 0 unspecified atom stereocenters. The van der Waals surface area contributed by atoms with Crippen LogP contribution in [0, 0.1) is 5.82 Å². The number of halogens is 1. The average Bonchev–Trinajstić information content (AvgIpc) is 2.94. The van der Waals surface area contributed by atoms with Crippen molar-refractivity contribution in [1.29, 1.82) is 0 Å². The molecule has 0 fully saturated rings. The summed E-state index contributed by atoms with van der Waals surface area (Å²) >= 11 is 1.38. The van der Waals surface area contributed by atoms with Crippen molar-refractivity contribution in [2.75, 3.05) is 0 Å². The molecule has 0 saturated heterocycles. The Labute approximate surface area is 117 Å². The van der Waals surface area contributed by atoms with Gasteiger partial charge in [0.2, 0.25) is 5.88 Å². The van der Waals surface area contributed by atoms with E-state index in [1.54, 1.807) is 12.1 Å². The zero-order valence-electron chi connectivity index (χ0n) is 10.1. The lowest BCUT2D eigenvalue weighted by Crippen LogP contribution is -2.12. The average molecular weight is 288 g/mol. The second-order valence-corrected chi connectivity index (χ2v) is 5.02. The molecule has 0 saturated carbocycles. The van der Waals surface area contributed by atoms with Crippen LogP contribution in [0.15, 0.2) is 46.6 Å². The number of hydrogen-bond acceptors (Lipinski definition) is 4. The molecule has 0 radical (unpaired) electrons. The number of nitrogens with one attached hydrogen (secondary N) is 1. The zero-order chi connectivity index (χ0) is 14.1. The lowest BCUT2D eigenvalue weighted by molar-refractivity contribution is 0.453. The first-order valence-corrected chi connectivity index (χ1v) is 6.67. The molecule has 3 aromatic rings. The van der Waals surface area contributed by atoms with Crippen molar-refractivity contribution in [1.82, 2.24) is 9.97 Å². The van der Waals surface area contributed by atoms with Crippen LogP contribution in [0.5, 0.6) is 5.88 Å². The summed E-state index contributed by atoms with van der Waals surface area (Å²) in [6.07, 6.45) is 0. The van der Waals surface area contributed by atoms with E-state index in [0.717, 1.165) is 4.88 Å². The highest BCUT2D eigenvalue weighted by molar-refractivity contribution is 7.13. The monoisotopic (exact) mass is 288 g/mol. The molecule has 2 heterocycles. The minimum Gasteiger partial charge on any atom is -0.493 e. The fourth-order valence-corrected chi connectivity index (χ4v) is 2.57. The highest BCUT2D eigenvalue weighted by atomic mass is 32.1. The molecule has 0 atom stereocenters. The van der Waals surface area contributed by atoms with Crippen LogP contribution in [0.25, 0.3) is 21.8 Å². The Morgan fingerprint density at radius 2 is 2.00 bits per heavy atom. The second-order valence-electron chi connectivity index (χ2n) is 4.07. The van der Waals surface area contributed by atoms with Crippen LogP contribution < -0.4 is 5.56 Å². The number of aromatic hydroxyl groups is 1. The van der Waals surface area contributed by atoms with Gasteiger partial charge in [0.15, 0.2) is 5.82 Å². The van der Waals surface area contributed by atoms with Gasteiger partial charge in [-0.1, -0.05) is 24.3 Å². The minimum atomic E-state index is -0.584. The highest BCUT2D eigenvalue weighted by Gasteiger charge is 2.16. The topological polar surface area (TPSA) is 66.0 Å². The number of hydrogen-bond donors (Lipinski definition) is 2. The Hall–Kier alpha value is -2.47. The molecule has 0 aliphatic carbocycles. The van der Waals surface area contributed by atoms with E-state index in [4.69, 9.17) is 0 Å². The van der Waals surface area contributed by atoms with Crippen molar-refractivity contribution < 1.29 is 9.50 Å². The maximum absolute atomic E-state index is 13.7. The summed E-state index contributed by atoms with van der Waals surface area (Å²) in [6, 6.07) is 9.32. The van der Waals surface area contributed by atoms with Gasteiger partial charge in [0, 0.05) is 5.56 Å². The predicted molar refractivity (Wildman–Crippen MR) is 75.2 cm³/mol. The van der Waals surface area contributed by atoms with Crippen LogP contribution in [0.1, 0.15) is 0 Å². The van der Waals surface area contributed by atoms with Crippen molar-refractivity contribution in [2.45, 2.75) is 0 Å². The first kappa shape index (κ1) is 12.6. The summed E-state index contributed by atoms with van der Waals surface area (Å²) in [5.41, 5.74) is -0.717. The third-order valence-corrected chi connectivity index (χ3v) is 3.67. The Kier molecular flexibility index (Phi) is 3.08. The smallest absolute Gasteiger partial charge is 0.263 e. The number of nitrogens with zero attached hydrogens (tertiary/aromatic N) is 1. The Bertz CT molecular complexity index is 812. The quantitative estimate of drug-likeness (QED) is 0.761. The van der Waals surface area contributed by atoms with E-state index in [1.165, 1.54) is 29.5 Å². The molecule has 0 bridgehead atoms. The van der Waals surface area contributed by atoms with E-state index in [2.05, 4.69) is 9.97 Å². The molecule has 0 amide bonds. The molecule has 4 nitrogen and oxygen atoms in total. The van der Waals surface area contributed by atoms with Crippen LogP contribution in [0.4, 0.5) is 4.39 Å². The van der Waals surface area contributed by atoms with Gasteiger partial charge < -0.3 is 10.1 Å². The van der Waals surface area contributed by atoms with E-state index in [-0.39, 0.29) is 17.0 Å². The first-order chi connectivity index (χ1) is 9.66. The summed E-state index contributed by atoms with van der Waals surface area (Å²) in [4.78, 5) is 19.3. The number of aromatic amines is 1. The van der Waals surface area contributed by atoms with Gasteiger partial charge in [-0.05, 0) is 17.5 Å². The second kappa shape index (κ2) is 4.90. The molecule has 1 aromatic carbocycles. The largest absolute Gasteiger partial charge is 0.493 e. The third-order valence-electron chi connectivity index (χ3n) is 2.80. The molecule has 2 aromatic heterocycles. The molecular weight excluding hydrogens is 279 g/mol. The molecule has 20 heavy (non-hydrogen) atoms. The minimum absolute atomic E-state index is 0.0245. The first-order valence-electron chi connectivity index (χ1n) is 5.79. The zero-order valence-corrected chi connectivity index (χ0v) is 10.9. The van der Waals surface area contributed by atoms with Gasteiger partial charge >= 0.3 is 0 Å². The van der Waals surface area contributed by atoms with Crippen molar-refractivity contribution in [3.63, 3.8) is 0 Å². The maximum Gasteiger partial charge on any atom is 0.263 e. The normalized spacial score (nSPS) is 10.7. The van der Waals surface area contributed by atoms with Crippen LogP contribution in [-0.4, -0.2) is 15.1 Å². The molecule has 2 N–H and O–H groups in total. The summed E-state index contributed by atoms with van der Waals surface area (Å²) in [5.74, 6) is -0.802. The summed E-state index contributed by atoms with van der Waals surface area (Å²) in [5, 5.41) is 11.8. The molecule has 100 valence electrons. The maximum atomic E-state index is 13.7. The Morgan fingerprint density at radius 3 is 2.65 bits per heavy atom. The summed E-state index contributed by atoms with van der Waals surface area (Å²) in [6.45, 7) is 0. The lowest BCUT2D eigenvalue weighted by atomic mass is 10.1. The fourth-order valence-electron chi connectivity index (χ4n) is 1.90. The molecule has 0 aliphatic rings. The van der Waals surface area contributed by atoms with Crippen molar-refractivity contribution in [2.24, 2.45) is 0 Å². The molecule has 6 heteroatoms. The van der Waals surface area contributed by atoms with Crippen molar-refractivity contribution in [3.05, 3.63) is 57.9 Å². The van der Waals surface area contributed by atoms with Gasteiger partial charge in [-0.2, -0.15) is 4.98 Å². The predicted octanol–water partition coefficient (Wildman–Crippen LogP) is 3.01. The van der Waals surface area contributed by atoms with E-state index in [0.29, 0.717) is 0 Å². The Balaban J connectivity index is 2.20. The van der Waals surface area contributed by atoms with E-state index < -0.39 is 17.3 Å². The van der Waals surface area contributed by atoms with Gasteiger partial charge in [0.05, 0.1) is 4.88 Å². The van der Waals surface area contributed by atoms with E-state index >= 15 is 0 Å². The summed E-state index contributed by atoms with van der Waals surface area (Å²) < 4.78 is 13.7. The van der Waals surface area contributed by atoms with Crippen LogP contribution in [-0.2, 0) is 0 Å². The van der Waals surface area contributed by atoms with Crippen molar-refractivity contribution in [3.8, 4) is 27.7 Å². The van der Waals surface area contributed by atoms with Crippen molar-refractivity contribution >= 4 is 11.3 Å². The molecular formula is C14H9FN2O2S. The van der Waals surface area contributed by atoms with Crippen LogP contribution in [0.3, 0.4) is 0 Å². The van der Waals surface area contributed by atoms with Gasteiger partial charge in [0.1, 0.15) is 11.4 Å². The SMILES string of the molecule is O=c1[nH]c(-c2cccs2)nc(O)c1-c1ccccc1F. The highest BCUT2D eigenvalue weighted by Crippen LogP contribution is 2.28. The summed E-state index contributed by atoms with van der Waals surface area (Å²) in [7, 11) is 0. The van der Waals surface area contributed by atoms with Gasteiger partial charge in [0.25, 0.3) is 5.56 Å². The fraction of sp³-hybridized carbons (Fsp3) is 0. The Morgan fingerprint density at radius 1 is 1.20 bits per heavy atom. The number of rotatable bonds is 2. The molecule has 0 aliphatic heterocycles. The van der Waals surface area contributed by atoms with Gasteiger partial charge in [-0.25, -0.2) is 4.39 Å². The van der Waals surface area contributed by atoms with E-state index in [1.807, 2.05) is 11.4 Å². The van der Waals surface area contributed by atoms with E-state index in [9.17, 15) is 14.3 Å². The number of aromatic nitrogens is 2. The number of thiophene rings is 1. The standard InChI is InChI=1S/C14H9FN2O2S/c15-9-5-2-1-4-8(9)11-13(18)16-12(17-14(11)19)10-6-3-7-20-10/h1-7H,(H2,16,17,18,19). The van der Waals surface area contributed by atoms with Gasteiger partial charge in [-0.15, -0.1) is 11.3 Å².